The van der Waals surface area contributed by atoms with Crippen LogP contribution in [-0.4, -0.2) is 47.0 Å². The van der Waals surface area contributed by atoms with Crippen molar-refractivity contribution in [2.24, 2.45) is 0 Å². The molecule has 104 valence electrons. The Morgan fingerprint density at radius 1 is 1.25 bits per heavy atom. The summed E-state index contributed by atoms with van der Waals surface area (Å²) in [4.78, 5) is 25.1. The standard InChI is InChI=1S/C14H16N4OS/c1-11-3-2-4-12(16-11)13(19)17-6-8-18(9-7-17)14-15-5-10-20-14/h2-5,10H,6-9H2,1H3. The summed E-state index contributed by atoms with van der Waals surface area (Å²) in [6.45, 7) is 4.98. The zero-order valence-electron chi connectivity index (χ0n) is 11.3. The van der Waals surface area contributed by atoms with E-state index in [1.165, 1.54) is 0 Å². The molecule has 1 fully saturated rings. The average molecular weight is 288 g/mol. The number of rotatable bonds is 2. The number of hydrogen-bond donors (Lipinski definition) is 0. The number of piperazine rings is 1. The summed E-state index contributed by atoms with van der Waals surface area (Å²) in [7, 11) is 0. The third kappa shape index (κ3) is 2.65. The van der Waals surface area contributed by atoms with Gasteiger partial charge in [-0.1, -0.05) is 6.07 Å². The molecule has 1 aliphatic heterocycles. The van der Waals surface area contributed by atoms with Gasteiger partial charge in [-0.3, -0.25) is 4.79 Å². The number of thiazole rings is 1. The predicted molar refractivity (Wildman–Crippen MR) is 79.2 cm³/mol. The third-order valence-electron chi connectivity index (χ3n) is 3.36. The lowest BCUT2D eigenvalue weighted by atomic mass is 10.2. The van der Waals surface area contributed by atoms with E-state index in [2.05, 4.69) is 14.9 Å². The molecule has 3 heterocycles. The van der Waals surface area contributed by atoms with Gasteiger partial charge in [0, 0.05) is 43.4 Å². The molecule has 0 saturated carbocycles. The van der Waals surface area contributed by atoms with Crippen LogP contribution in [0.25, 0.3) is 0 Å². The topological polar surface area (TPSA) is 49.3 Å². The van der Waals surface area contributed by atoms with Crippen LogP contribution in [-0.2, 0) is 0 Å². The lowest BCUT2D eigenvalue weighted by Crippen LogP contribution is -2.49. The molecule has 0 bridgehead atoms. The van der Waals surface area contributed by atoms with E-state index in [-0.39, 0.29) is 5.91 Å². The van der Waals surface area contributed by atoms with Crippen molar-refractivity contribution in [2.45, 2.75) is 6.92 Å². The lowest BCUT2D eigenvalue weighted by Gasteiger charge is -2.34. The number of carbonyl (C=O) groups excluding carboxylic acids is 1. The van der Waals surface area contributed by atoms with Crippen molar-refractivity contribution in [1.29, 1.82) is 0 Å². The normalized spacial score (nSPS) is 15.4. The van der Waals surface area contributed by atoms with Crippen molar-refractivity contribution in [3.8, 4) is 0 Å². The maximum absolute atomic E-state index is 12.4. The van der Waals surface area contributed by atoms with Gasteiger partial charge in [0.25, 0.3) is 5.91 Å². The fourth-order valence-electron chi connectivity index (χ4n) is 2.30. The zero-order chi connectivity index (χ0) is 13.9. The SMILES string of the molecule is Cc1cccc(C(=O)N2CCN(c3nccs3)CC2)n1. The fraction of sp³-hybridized carbons (Fsp3) is 0.357. The van der Waals surface area contributed by atoms with Crippen LogP contribution in [0.15, 0.2) is 29.8 Å². The van der Waals surface area contributed by atoms with E-state index in [0.717, 1.165) is 23.9 Å². The Balaban J connectivity index is 1.65. The molecule has 0 aliphatic carbocycles. The van der Waals surface area contributed by atoms with Crippen molar-refractivity contribution in [1.82, 2.24) is 14.9 Å². The Morgan fingerprint density at radius 3 is 2.70 bits per heavy atom. The molecular formula is C14H16N4OS. The molecule has 0 N–H and O–H groups in total. The number of hydrogen-bond acceptors (Lipinski definition) is 5. The lowest BCUT2D eigenvalue weighted by molar-refractivity contribution is 0.0740. The summed E-state index contributed by atoms with van der Waals surface area (Å²) >= 11 is 1.64. The molecule has 6 heteroatoms. The van der Waals surface area contributed by atoms with Crippen LogP contribution in [0.2, 0.25) is 0 Å². The van der Waals surface area contributed by atoms with Crippen molar-refractivity contribution < 1.29 is 4.79 Å². The molecule has 1 saturated heterocycles. The van der Waals surface area contributed by atoms with Gasteiger partial charge in [-0.2, -0.15) is 0 Å². The van der Waals surface area contributed by atoms with Crippen molar-refractivity contribution >= 4 is 22.4 Å². The van der Waals surface area contributed by atoms with Crippen LogP contribution < -0.4 is 4.90 Å². The van der Waals surface area contributed by atoms with Gasteiger partial charge in [0.05, 0.1) is 0 Å². The summed E-state index contributed by atoms with van der Waals surface area (Å²) in [5, 5.41) is 3.01. The van der Waals surface area contributed by atoms with Crippen molar-refractivity contribution in [3.63, 3.8) is 0 Å². The Hall–Kier alpha value is -1.95. The number of pyridine rings is 1. The monoisotopic (exact) mass is 288 g/mol. The second-order valence-corrected chi connectivity index (χ2v) is 5.63. The summed E-state index contributed by atoms with van der Waals surface area (Å²) in [6.07, 6.45) is 1.81. The second kappa shape index (κ2) is 5.58. The first kappa shape index (κ1) is 13.1. The van der Waals surface area contributed by atoms with Gasteiger partial charge in [-0.25, -0.2) is 9.97 Å². The second-order valence-electron chi connectivity index (χ2n) is 4.76. The number of amides is 1. The number of carbonyl (C=O) groups is 1. The highest BCUT2D eigenvalue weighted by atomic mass is 32.1. The van der Waals surface area contributed by atoms with E-state index in [1.54, 1.807) is 17.4 Å². The summed E-state index contributed by atoms with van der Waals surface area (Å²) in [5.74, 6) is 0.0208. The molecule has 20 heavy (non-hydrogen) atoms. The van der Waals surface area contributed by atoms with E-state index < -0.39 is 0 Å². The van der Waals surface area contributed by atoms with E-state index in [9.17, 15) is 4.79 Å². The van der Waals surface area contributed by atoms with Crippen LogP contribution >= 0.6 is 11.3 Å². The number of anilines is 1. The minimum Gasteiger partial charge on any atom is -0.345 e. The van der Waals surface area contributed by atoms with Gasteiger partial charge < -0.3 is 9.80 Å². The molecule has 0 spiro atoms. The van der Waals surface area contributed by atoms with E-state index >= 15 is 0 Å². The van der Waals surface area contributed by atoms with Gasteiger partial charge in [0.15, 0.2) is 5.13 Å². The highest BCUT2D eigenvalue weighted by molar-refractivity contribution is 7.13. The average Bonchev–Trinajstić information content (AvgIpc) is 3.01. The van der Waals surface area contributed by atoms with E-state index in [0.29, 0.717) is 18.8 Å². The number of aryl methyl sites for hydroxylation is 1. The molecule has 2 aromatic heterocycles. The van der Waals surface area contributed by atoms with Crippen LogP contribution in [0.4, 0.5) is 5.13 Å². The molecule has 0 atom stereocenters. The fourth-order valence-corrected chi connectivity index (χ4v) is 2.99. The van der Waals surface area contributed by atoms with Crippen LogP contribution in [0.5, 0.6) is 0 Å². The van der Waals surface area contributed by atoms with Crippen LogP contribution in [0, 0.1) is 6.92 Å². The molecule has 5 nitrogen and oxygen atoms in total. The summed E-state index contributed by atoms with van der Waals surface area (Å²) in [5.41, 5.74) is 1.41. The van der Waals surface area contributed by atoms with Crippen molar-refractivity contribution in [2.75, 3.05) is 31.1 Å². The van der Waals surface area contributed by atoms with E-state index in [4.69, 9.17) is 0 Å². The first-order chi connectivity index (χ1) is 9.74. The smallest absolute Gasteiger partial charge is 0.272 e. The quantitative estimate of drug-likeness (QED) is 0.845. The molecule has 1 aliphatic rings. The van der Waals surface area contributed by atoms with Crippen molar-refractivity contribution in [3.05, 3.63) is 41.2 Å². The first-order valence-electron chi connectivity index (χ1n) is 6.61. The first-order valence-corrected chi connectivity index (χ1v) is 7.49. The maximum atomic E-state index is 12.4. The Kier molecular flexibility index (Phi) is 3.64. The number of aromatic nitrogens is 2. The van der Waals surface area contributed by atoms with Gasteiger partial charge in [0.2, 0.25) is 0 Å². The van der Waals surface area contributed by atoms with Crippen LogP contribution in [0.1, 0.15) is 16.2 Å². The molecule has 3 rings (SSSR count). The minimum absolute atomic E-state index is 0.0208. The largest absolute Gasteiger partial charge is 0.345 e. The molecule has 0 aromatic carbocycles. The van der Waals surface area contributed by atoms with E-state index in [1.807, 2.05) is 35.5 Å². The number of nitrogens with zero attached hydrogens (tertiary/aromatic N) is 4. The van der Waals surface area contributed by atoms with Gasteiger partial charge in [0.1, 0.15) is 5.69 Å². The predicted octanol–water partition coefficient (Wildman–Crippen LogP) is 1.81. The third-order valence-corrected chi connectivity index (χ3v) is 4.20. The van der Waals surface area contributed by atoms with Gasteiger partial charge in [-0.05, 0) is 19.1 Å². The molecule has 1 amide bonds. The highest BCUT2D eigenvalue weighted by Gasteiger charge is 2.23. The Bertz CT molecular complexity index is 591. The summed E-state index contributed by atoms with van der Waals surface area (Å²) in [6, 6.07) is 5.56. The highest BCUT2D eigenvalue weighted by Crippen LogP contribution is 2.19. The summed E-state index contributed by atoms with van der Waals surface area (Å²) < 4.78 is 0. The zero-order valence-corrected chi connectivity index (χ0v) is 12.1. The van der Waals surface area contributed by atoms with Gasteiger partial charge in [-0.15, -0.1) is 11.3 Å². The molecule has 2 aromatic rings. The van der Waals surface area contributed by atoms with Gasteiger partial charge >= 0.3 is 0 Å². The minimum atomic E-state index is 0.0208. The Morgan fingerprint density at radius 2 is 2.05 bits per heavy atom. The molecule has 0 radical (unpaired) electrons. The Labute approximate surface area is 121 Å². The molecular weight excluding hydrogens is 272 g/mol. The molecule has 0 unspecified atom stereocenters. The van der Waals surface area contributed by atoms with Crippen LogP contribution in [0.3, 0.4) is 0 Å². The maximum Gasteiger partial charge on any atom is 0.272 e.